The largest absolute Gasteiger partial charge is 0.471 e. The van der Waals surface area contributed by atoms with E-state index < -0.39 is 5.79 Å². The summed E-state index contributed by atoms with van der Waals surface area (Å²) in [4.78, 5) is 0. The molecule has 0 saturated heterocycles. The van der Waals surface area contributed by atoms with Crippen molar-refractivity contribution in [3.8, 4) is 0 Å². The predicted molar refractivity (Wildman–Crippen MR) is 106 cm³/mol. The van der Waals surface area contributed by atoms with Crippen LogP contribution in [-0.4, -0.2) is 10.9 Å². The average Bonchev–Trinajstić information content (AvgIpc) is 2.57. The van der Waals surface area contributed by atoms with Gasteiger partial charge in [-0.2, -0.15) is 0 Å². The fraction of sp³-hybridized carbons (Fsp3) is 0.909. The van der Waals surface area contributed by atoms with Gasteiger partial charge in [-0.25, -0.2) is 0 Å². The standard InChI is InChI=1S/C22H44O2/c1-4-7-9-11-13-14-15-17-19-21-22(23,24-6-3)20-18-16-12-10-8-5-2/h6,23H,3-5,7-21H2,1-2H3. The van der Waals surface area contributed by atoms with E-state index in [0.717, 1.165) is 25.7 Å². The Hall–Kier alpha value is -0.500. The minimum atomic E-state index is -0.979. The maximum atomic E-state index is 10.6. The van der Waals surface area contributed by atoms with Gasteiger partial charge < -0.3 is 9.84 Å². The van der Waals surface area contributed by atoms with Gasteiger partial charge in [0, 0.05) is 12.8 Å². The maximum Gasteiger partial charge on any atom is 0.207 e. The molecule has 0 amide bonds. The third-order valence-corrected chi connectivity index (χ3v) is 4.89. The SMILES string of the molecule is C=COC(O)(CCCCCCCC)CCCCCCCCCCC. The van der Waals surface area contributed by atoms with Crippen LogP contribution in [0.5, 0.6) is 0 Å². The Bertz CT molecular complexity index is 265. The normalized spacial score (nSPS) is 13.6. The lowest BCUT2D eigenvalue weighted by atomic mass is 9.99. The first-order valence-corrected chi connectivity index (χ1v) is 10.7. The molecule has 1 N–H and O–H groups in total. The molecule has 2 heteroatoms. The van der Waals surface area contributed by atoms with Crippen LogP contribution >= 0.6 is 0 Å². The number of hydrogen-bond acceptors (Lipinski definition) is 2. The van der Waals surface area contributed by atoms with Crippen LogP contribution in [0.15, 0.2) is 12.8 Å². The van der Waals surface area contributed by atoms with E-state index in [2.05, 4.69) is 20.4 Å². The molecule has 24 heavy (non-hydrogen) atoms. The lowest BCUT2D eigenvalue weighted by Gasteiger charge is -2.27. The second kappa shape index (κ2) is 17.3. The van der Waals surface area contributed by atoms with E-state index in [4.69, 9.17) is 4.74 Å². The van der Waals surface area contributed by atoms with Crippen LogP contribution in [0.4, 0.5) is 0 Å². The molecular formula is C22H44O2. The van der Waals surface area contributed by atoms with Crippen molar-refractivity contribution in [3.63, 3.8) is 0 Å². The summed E-state index contributed by atoms with van der Waals surface area (Å²) < 4.78 is 5.45. The number of hydrogen-bond donors (Lipinski definition) is 1. The summed E-state index contributed by atoms with van der Waals surface area (Å²) in [5.74, 6) is -0.979. The third kappa shape index (κ3) is 15.1. The molecule has 0 aromatic carbocycles. The van der Waals surface area contributed by atoms with Crippen LogP contribution in [0.25, 0.3) is 0 Å². The number of rotatable bonds is 19. The minimum absolute atomic E-state index is 0.738. The second-order valence-electron chi connectivity index (χ2n) is 7.33. The van der Waals surface area contributed by atoms with Gasteiger partial charge in [0.15, 0.2) is 0 Å². The van der Waals surface area contributed by atoms with Gasteiger partial charge in [-0.15, -0.1) is 0 Å². The zero-order valence-corrected chi connectivity index (χ0v) is 16.7. The van der Waals surface area contributed by atoms with Gasteiger partial charge in [0.25, 0.3) is 0 Å². The van der Waals surface area contributed by atoms with E-state index in [1.54, 1.807) is 0 Å². The highest BCUT2D eigenvalue weighted by Crippen LogP contribution is 2.25. The van der Waals surface area contributed by atoms with Crippen LogP contribution in [0.1, 0.15) is 123 Å². The Morgan fingerprint density at radius 1 is 0.667 bits per heavy atom. The molecule has 1 unspecified atom stereocenters. The average molecular weight is 341 g/mol. The third-order valence-electron chi connectivity index (χ3n) is 4.89. The minimum Gasteiger partial charge on any atom is -0.471 e. The molecule has 2 nitrogen and oxygen atoms in total. The smallest absolute Gasteiger partial charge is 0.207 e. The van der Waals surface area contributed by atoms with E-state index in [0.29, 0.717) is 0 Å². The fourth-order valence-electron chi connectivity index (χ4n) is 3.29. The Morgan fingerprint density at radius 3 is 1.33 bits per heavy atom. The zero-order chi connectivity index (χ0) is 17.9. The molecule has 0 aliphatic carbocycles. The van der Waals surface area contributed by atoms with Crippen LogP contribution in [0.2, 0.25) is 0 Å². The first-order chi connectivity index (χ1) is 11.7. The molecule has 0 heterocycles. The van der Waals surface area contributed by atoms with Crippen LogP contribution < -0.4 is 0 Å². The van der Waals surface area contributed by atoms with Crippen molar-refractivity contribution in [2.45, 2.75) is 129 Å². The Kier molecular flexibility index (Phi) is 17.0. The van der Waals surface area contributed by atoms with E-state index in [1.807, 2.05) is 0 Å². The molecule has 0 aliphatic rings. The van der Waals surface area contributed by atoms with Gasteiger partial charge in [0.1, 0.15) is 0 Å². The zero-order valence-electron chi connectivity index (χ0n) is 16.7. The van der Waals surface area contributed by atoms with E-state index in [-0.39, 0.29) is 0 Å². The Labute approximate surface area is 152 Å². The highest BCUT2D eigenvalue weighted by atomic mass is 16.6. The highest BCUT2D eigenvalue weighted by Gasteiger charge is 2.26. The van der Waals surface area contributed by atoms with Crippen molar-refractivity contribution in [2.24, 2.45) is 0 Å². The van der Waals surface area contributed by atoms with Gasteiger partial charge in [-0.05, 0) is 12.8 Å². The van der Waals surface area contributed by atoms with Crippen LogP contribution in [-0.2, 0) is 4.74 Å². The molecule has 0 bridgehead atoms. The lowest BCUT2D eigenvalue weighted by Crippen LogP contribution is -2.30. The van der Waals surface area contributed by atoms with Gasteiger partial charge in [-0.1, -0.05) is 104 Å². The summed E-state index contributed by atoms with van der Waals surface area (Å²) in [6.07, 6.45) is 22.0. The summed E-state index contributed by atoms with van der Waals surface area (Å²) in [5.41, 5.74) is 0. The lowest BCUT2D eigenvalue weighted by molar-refractivity contribution is -0.177. The maximum absolute atomic E-state index is 10.6. The first kappa shape index (κ1) is 23.5. The molecule has 0 fully saturated rings. The summed E-state index contributed by atoms with van der Waals surface area (Å²) >= 11 is 0. The molecule has 0 radical (unpaired) electrons. The van der Waals surface area contributed by atoms with E-state index in [9.17, 15) is 5.11 Å². The molecule has 0 aromatic rings. The monoisotopic (exact) mass is 340 g/mol. The van der Waals surface area contributed by atoms with Crippen molar-refractivity contribution in [1.82, 2.24) is 0 Å². The molecule has 0 spiro atoms. The summed E-state index contributed by atoms with van der Waals surface area (Å²) in [7, 11) is 0. The Balaban J connectivity index is 3.67. The molecule has 144 valence electrons. The van der Waals surface area contributed by atoms with Crippen molar-refractivity contribution in [3.05, 3.63) is 12.8 Å². The molecule has 0 aliphatic heterocycles. The molecule has 0 saturated carbocycles. The van der Waals surface area contributed by atoms with Crippen LogP contribution in [0.3, 0.4) is 0 Å². The molecular weight excluding hydrogens is 296 g/mol. The van der Waals surface area contributed by atoms with Gasteiger partial charge in [0.05, 0.1) is 6.26 Å². The fourth-order valence-corrected chi connectivity index (χ4v) is 3.29. The highest BCUT2D eigenvalue weighted by molar-refractivity contribution is 4.71. The molecule has 1 atom stereocenters. The van der Waals surface area contributed by atoms with Gasteiger partial charge in [0.2, 0.25) is 5.79 Å². The predicted octanol–water partition coefficient (Wildman–Crippen LogP) is 7.51. The summed E-state index contributed by atoms with van der Waals surface area (Å²) in [6, 6.07) is 0. The first-order valence-electron chi connectivity index (χ1n) is 10.7. The van der Waals surface area contributed by atoms with Crippen molar-refractivity contribution in [1.29, 1.82) is 0 Å². The summed E-state index contributed by atoms with van der Waals surface area (Å²) in [5, 5.41) is 10.6. The van der Waals surface area contributed by atoms with Gasteiger partial charge in [-0.3, -0.25) is 0 Å². The van der Waals surface area contributed by atoms with E-state index >= 15 is 0 Å². The second-order valence-corrected chi connectivity index (χ2v) is 7.33. The number of ether oxygens (including phenoxy) is 1. The van der Waals surface area contributed by atoms with E-state index in [1.165, 1.54) is 89.7 Å². The van der Waals surface area contributed by atoms with Crippen molar-refractivity contribution in [2.75, 3.05) is 0 Å². The van der Waals surface area contributed by atoms with Gasteiger partial charge >= 0.3 is 0 Å². The summed E-state index contributed by atoms with van der Waals surface area (Å²) in [6.45, 7) is 8.12. The quantitative estimate of drug-likeness (QED) is 0.150. The Morgan fingerprint density at radius 2 is 1.00 bits per heavy atom. The number of aliphatic hydroxyl groups is 1. The number of unbranched alkanes of at least 4 members (excludes halogenated alkanes) is 13. The van der Waals surface area contributed by atoms with Crippen molar-refractivity contribution < 1.29 is 9.84 Å². The van der Waals surface area contributed by atoms with Crippen molar-refractivity contribution >= 4 is 0 Å². The molecule has 0 rings (SSSR count). The van der Waals surface area contributed by atoms with Crippen LogP contribution in [0, 0.1) is 0 Å². The topological polar surface area (TPSA) is 29.5 Å². The molecule has 0 aromatic heterocycles.